The Morgan fingerprint density at radius 2 is 2.07 bits per heavy atom. The highest BCUT2D eigenvalue weighted by atomic mass is 35.5. The lowest BCUT2D eigenvalue weighted by Crippen LogP contribution is -2.16. The van der Waals surface area contributed by atoms with Crippen LogP contribution >= 0.6 is 22.9 Å². The quantitative estimate of drug-likeness (QED) is 0.401. The number of nitro groups is 1. The highest BCUT2D eigenvalue weighted by Crippen LogP contribution is 2.39. The molecule has 0 bridgehead atoms. The molecule has 0 saturated carbocycles. The average molecular weight is 423 g/mol. The van der Waals surface area contributed by atoms with Crippen LogP contribution in [0.1, 0.15) is 57.3 Å². The van der Waals surface area contributed by atoms with Gasteiger partial charge in [0, 0.05) is 17.0 Å². The number of rotatable bonds is 6. The number of fused-ring (bicyclic) bond motifs is 1. The van der Waals surface area contributed by atoms with Crippen LogP contribution in [0.15, 0.2) is 18.2 Å². The number of thiophene rings is 1. The maximum Gasteiger partial charge on any atom is 0.341 e. The summed E-state index contributed by atoms with van der Waals surface area (Å²) in [6.45, 7) is 2.21. The summed E-state index contributed by atoms with van der Waals surface area (Å²) in [5, 5.41) is 14.2. The van der Waals surface area contributed by atoms with Crippen LogP contribution in [0.5, 0.6) is 0 Å². The Labute approximate surface area is 170 Å². The summed E-state index contributed by atoms with van der Waals surface area (Å²) in [6, 6.07) is 3.67. The molecule has 1 N–H and O–H groups in total. The standard InChI is InChI=1S/C19H19ClN2O5S/c1-2-9-27-19(24)16-12-5-3-4-6-15(12)28-18(16)21-17(23)13-10-11(22(25)26)7-8-14(13)20/h7-8,10H,2-6,9H2,1H3,(H,21,23). The van der Waals surface area contributed by atoms with E-state index in [0.717, 1.165) is 42.2 Å². The molecule has 0 fully saturated rings. The predicted molar refractivity (Wildman–Crippen MR) is 108 cm³/mol. The molecular formula is C19H19ClN2O5S. The van der Waals surface area contributed by atoms with Crippen molar-refractivity contribution in [3.05, 3.63) is 54.9 Å². The van der Waals surface area contributed by atoms with Crippen molar-refractivity contribution in [1.82, 2.24) is 0 Å². The molecule has 0 radical (unpaired) electrons. The number of benzene rings is 1. The number of nitro benzene ring substituents is 1. The molecule has 3 rings (SSSR count). The van der Waals surface area contributed by atoms with Crippen LogP contribution < -0.4 is 5.32 Å². The van der Waals surface area contributed by atoms with Gasteiger partial charge in [-0.1, -0.05) is 18.5 Å². The number of aryl methyl sites for hydroxylation is 1. The fourth-order valence-electron chi connectivity index (χ4n) is 3.11. The topological polar surface area (TPSA) is 98.5 Å². The van der Waals surface area contributed by atoms with E-state index >= 15 is 0 Å². The molecule has 0 spiro atoms. The molecule has 0 atom stereocenters. The third-order valence-electron chi connectivity index (χ3n) is 4.45. The molecule has 1 aliphatic rings. The smallest absolute Gasteiger partial charge is 0.341 e. The van der Waals surface area contributed by atoms with Crippen LogP contribution in [0.3, 0.4) is 0 Å². The van der Waals surface area contributed by atoms with Crippen LogP contribution in [0.25, 0.3) is 0 Å². The SMILES string of the molecule is CCCOC(=O)c1c(NC(=O)c2cc([N+](=O)[O-])ccc2Cl)sc2c1CCCC2. The first-order valence-electron chi connectivity index (χ1n) is 8.99. The number of hydrogen-bond donors (Lipinski definition) is 1. The Kier molecular flexibility index (Phi) is 6.31. The highest BCUT2D eigenvalue weighted by Gasteiger charge is 2.28. The molecule has 9 heteroatoms. The fourth-order valence-corrected chi connectivity index (χ4v) is 4.58. The van der Waals surface area contributed by atoms with Crippen molar-refractivity contribution in [3.63, 3.8) is 0 Å². The van der Waals surface area contributed by atoms with Crippen LogP contribution in [-0.4, -0.2) is 23.4 Å². The van der Waals surface area contributed by atoms with Gasteiger partial charge in [0.05, 0.1) is 27.7 Å². The molecule has 7 nitrogen and oxygen atoms in total. The van der Waals surface area contributed by atoms with Gasteiger partial charge in [-0.2, -0.15) is 0 Å². The number of hydrogen-bond acceptors (Lipinski definition) is 6. The zero-order valence-corrected chi connectivity index (χ0v) is 16.8. The summed E-state index contributed by atoms with van der Waals surface area (Å²) >= 11 is 7.42. The Bertz CT molecular complexity index is 941. The summed E-state index contributed by atoms with van der Waals surface area (Å²) in [4.78, 5) is 36.8. The van der Waals surface area contributed by atoms with Gasteiger partial charge in [0.25, 0.3) is 11.6 Å². The van der Waals surface area contributed by atoms with Crippen LogP contribution in [0.2, 0.25) is 5.02 Å². The van der Waals surface area contributed by atoms with Gasteiger partial charge in [0.15, 0.2) is 0 Å². The monoisotopic (exact) mass is 422 g/mol. The summed E-state index contributed by atoms with van der Waals surface area (Å²) in [6.07, 6.45) is 4.31. The Morgan fingerprint density at radius 1 is 1.32 bits per heavy atom. The first-order chi connectivity index (χ1) is 13.4. The zero-order valence-electron chi connectivity index (χ0n) is 15.2. The van der Waals surface area contributed by atoms with Gasteiger partial charge in [-0.3, -0.25) is 14.9 Å². The average Bonchev–Trinajstić information content (AvgIpc) is 3.03. The Morgan fingerprint density at radius 3 is 2.79 bits per heavy atom. The van der Waals surface area contributed by atoms with Gasteiger partial charge in [0.2, 0.25) is 0 Å². The third-order valence-corrected chi connectivity index (χ3v) is 5.98. The fraction of sp³-hybridized carbons (Fsp3) is 0.368. The lowest BCUT2D eigenvalue weighted by Gasteiger charge is -2.12. The third kappa shape index (κ3) is 4.18. The molecule has 28 heavy (non-hydrogen) atoms. The minimum Gasteiger partial charge on any atom is -0.462 e. The van der Waals surface area contributed by atoms with Crippen molar-refractivity contribution < 1.29 is 19.2 Å². The van der Waals surface area contributed by atoms with Gasteiger partial charge < -0.3 is 10.1 Å². The lowest BCUT2D eigenvalue weighted by molar-refractivity contribution is -0.384. The zero-order chi connectivity index (χ0) is 20.3. The molecule has 2 aromatic rings. The van der Waals surface area contributed by atoms with Crippen LogP contribution in [-0.2, 0) is 17.6 Å². The maximum atomic E-state index is 12.7. The van der Waals surface area contributed by atoms with E-state index in [9.17, 15) is 19.7 Å². The molecule has 1 aliphatic carbocycles. The number of nitrogens with zero attached hydrogens (tertiary/aromatic N) is 1. The van der Waals surface area contributed by atoms with Gasteiger partial charge in [-0.25, -0.2) is 4.79 Å². The van der Waals surface area contributed by atoms with E-state index in [1.807, 2.05) is 6.92 Å². The molecule has 0 aliphatic heterocycles. The van der Waals surface area contributed by atoms with Gasteiger partial charge in [-0.05, 0) is 43.7 Å². The summed E-state index contributed by atoms with van der Waals surface area (Å²) in [5.41, 5.74) is 1.07. The molecule has 148 valence electrons. The van der Waals surface area contributed by atoms with Crippen molar-refractivity contribution in [3.8, 4) is 0 Å². The first kappa shape index (κ1) is 20.3. The molecule has 1 aromatic carbocycles. The van der Waals surface area contributed by atoms with Crippen molar-refractivity contribution >= 4 is 45.5 Å². The second-order valence-electron chi connectivity index (χ2n) is 6.43. The van der Waals surface area contributed by atoms with E-state index < -0.39 is 16.8 Å². The van der Waals surface area contributed by atoms with Crippen LogP contribution in [0, 0.1) is 10.1 Å². The Balaban J connectivity index is 1.94. The highest BCUT2D eigenvalue weighted by molar-refractivity contribution is 7.17. The van der Waals surface area contributed by atoms with E-state index in [-0.39, 0.29) is 16.3 Å². The number of carbonyl (C=O) groups excluding carboxylic acids is 2. The number of non-ortho nitro benzene ring substituents is 1. The minimum atomic E-state index is -0.600. The van der Waals surface area contributed by atoms with Gasteiger partial charge in [0.1, 0.15) is 5.00 Å². The largest absolute Gasteiger partial charge is 0.462 e. The maximum absolute atomic E-state index is 12.7. The normalized spacial score (nSPS) is 12.9. The summed E-state index contributed by atoms with van der Waals surface area (Å²) < 4.78 is 5.30. The molecule has 1 aromatic heterocycles. The predicted octanol–water partition coefficient (Wildman–Crippen LogP) is 5.01. The van der Waals surface area contributed by atoms with Crippen molar-refractivity contribution in [1.29, 1.82) is 0 Å². The number of nitrogens with one attached hydrogen (secondary N) is 1. The number of amides is 1. The number of anilines is 1. The molecule has 0 saturated heterocycles. The lowest BCUT2D eigenvalue weighted by atomic mass is 9.95. The van der Waals surface area contributed by atoms with Crippen molar-refractivity contribution in [2.24, 2.45) is 0 Å². The molecule has 0 unspecified atom stereocenters. The van der Waals surface area contributed by atoms with E-state index in [1.165, 1.54) is 23.5 Å². The summed E-state index contributed by atoms with van der Waals surface area (Å²) in [7, 11) is 0. The van der Waals surface area contributed by atoms with E-state index in [2.05, 4.69) is 5.32 Å². The van der Waals surface area contributed by atoms with Gasteiger partial charge >= 0.3 is 5.97 Å². The number of carbonyl (C=O) groups is 2. The minimum absolute atomic E-state index is 0.0184. The van der Waals surface area contributed by atoms with E-state index in [0.29, 0.717) is 23.6 Å². The van der Waals surface area contributed by atoms with E-state index in [4.69, 9.17) is 16.3 Å². The first-order valence-corrected chi connectivity index (χ1v) is 10.2. The van der Waals surface area contributed by atoms with Crippen molar-refractivity contribution in [2.45, 2.75) is 39.0 Å². The molecular weight excluding hydrogens is 404 g/mol. The van der Waals surface area contributed by atoms with E-state index in [1.54, 1.807) is 0 Å². The van der Waals surface area contributed by atoms with Crippen molar-refractivity contribution in [2.75, 3.05) is 11.9 Å². The van der Waals surface area contributed by atoms with Gasteiger partial charge in [-0.15, -0.1) is 11.3 Å². The second-order valence-corrected chi connectivity index (χ2v) is 7.94. The number of esters is 1. The second kappa shape index (κ2) is 8.70. The Hall–Kier alpha value is -2.45. The number of ether oxygens (including phenoxy) is 1. The molecule has 1 amide bonds. The molecule has 1 heterocycles. The number of halogens is 1. The summed E-state index contributed by atoms with van der Waals surface area (Å²) in [5.74, 6) is -1.06. The van der Waals surface area contributed by atoms with Crippen LogP contribution in [0.4, 0.5) is 10.7 Å².